The monoisotopic (exact) mass is 323 g/mol. The van der Waals surface area contributed by atoms with E-state index in [0.29, 0.717) is 23.3 Å². The fraction of sp³-hybridized carbons (Fsp3) is 0.533. The topological polar surface area (TPSA) is 97.4 Å². The Hall–Kier alpha value is -1.76. The summed E-state index contributed by atoms with van der Waals surface area (Å²) in [6.45, 7) is 2.99. The van der Waals surface area contributed by atoms with Crippen LogP contribution in [-0.2, 0) is 24.2 Å². The number of fused-ring (bicyclic) bond motifs is 3. The highest BCUT2D eigenvalue weighted by atomic mass is 32.2. The summed E-state index contributed by atoms with van der Waals surface area (Å²) in [5.41, 5.74) is 0.684. The summed E-state index contributed by atoms with van der Waals surface area (Å²) in [6.07, 6.45) is 1.85. The van der Waals surface area contributed by atoms with E-state index in [4.69, 9.17) is 0 Å². The largest absolute Gasteiger partial charge is 0.323 e. The van der Waals surface area contributed by atoms with Gasteiger partial charge in [0.25, 0.3) is 0 Å². The van der Waals surface area contributed by atoms with Gasteiger partial charge in [-0.2, -0.15) is 0 Å². The Bertz CT molecular complexity index is 759. The lowest BCUT2D eigenvalue weighted by molar-refractivity contribution is -0.132. The molecule has 1 saturated heterocycles. The number of carbonyl (C=O) groups excluding carboxylic acids is 3. The maximum Gasteiger partial charge on any atom is 0.221 e. The zero-order chi connectivity index (χ0) is 16.2. The Labute approximate surface area is 128 Å². The molecule has 0 aromatic rings. The molecule has 7 heteroatoms. The zero-order valence-electron chi connectivity index (χ0n) is 12.4. The molecule has 3 atom stereocenters. The van der Waals surface area contributed by atoms with Gasteiger partial charge in [0.15, 0.2) is 21.4 Å². The Morgan fingerprint density at radius 3 is 2.59 bits per heavy atom. The molecule has 0 aromatic carbocycles. The van der Waals surface area contributed by atoms with E-state index >= 15 is 0 Å². The van der Waals surface area contributed by atoms with Crippen molar-refractivity contribution in [3.8, 4) is 0 Å². The lowest BCUT2D eigenvalue weighted by Crippen LogP contribution is -2.45. The number of ketones is 2. The maximum atomic E-state index is 12.6. The number of hydrogen-bond donors (Lipinski definition) is 1. The fourth-order valence-corrected chi connectivity index (χ4v) is 6.07. The van der Waals surface area contributed by atoms with Crippen LogP contribution in [0.2, 0.25) is 0 Å². The number of rotatable bonds is 1. The molecule has 3 rings (SSSR count). The second kappa shape index (κ2) is 4.87. The minimum absolute atomic E-state index is 0.0121. The van der Waals surface area contributed by atoms with Gasteiger partial charge in [0.1, 0.15) is 0 Å². The number of nitrogens with one attached hydrogen (secondary N) is 1. The Kier molecular flexibility index (Phi) is 3.36. The van der Waals surface area contributed by atoms with Crippen molar-refractivity contribution in [2.75, 3.05) is 5.75 Å². The molecule has 0 spiro atoms. The van der Waals surface area contributed by atoms with Gasteiger partial charge >= 0.3 is 0 Å². The molecule has 118 valence electrons. The van der Waals surface area contributed by atoms with E-state index in [2.05, 4.69) is 5.32 Å². The van der Waals surface area contributed by atoms with Gasteiger partial charge in [0, 0.05) is 35.7 Å². The molecule has 1 heterocycles. The summed E-state index contributed by atoms with van der Waals surface area (Å²) in [7, 11) is -3.32. The predicted molar refractivity (Wildman–Crippen MR) is 78.1 cm³/mol. The molecule has 2 aliphatic carbocycles. The van der Waals surface area contributed by atoms with Crippen molar-refractivity contribution in [3.63, 3.8) is 0 Å². The van der Waals surface area contributed by atoms with Crippen molar-refractivity contribution >= 4 is 27.3 Å². The summed E-state index contributed by atoms with van der Waals surface area (Å²) in [6, 6.07) is 0. The van der Waals surface area contributed by atoms with Gasteiger partial charge in [-0.1, -0.05) is 5.57 Å². The number of sulfone groups is 1. The molecule has 22 heavy (non-hydrogen) atoms. The molecule has 1 aliphatic heterocycles. The molecule has 1 fully saturated rings. The van der Waals surface area contributed by atoms with Crippen LogP contribution < -0.4 is 5.32 Å². The zero-order valence-corrected chi connectivity index (χ0v) is 13.2. The van der Waals surface area contributed by atoms with Crippen molar-refractivity contribution in [2.45, 2.75) is 26.7 Å². The molecule has 6 nitrogen and oxygen atoms in total. The molecule has 1 N–H and O–H groups in total. The lowest BCUT2D eigenvalue weighted by Gasteiger charge is -2.37. The van der Waals surface area contributed by atoms with E-state index in [0.717, 1.165) is 0 Å². The van der Waals surface area contributed by atoms with Crippen molar-refractivity contribution in [3.05, 3.63) is 22.3 Å². The Balaban J connectivity index is 2.06. The Morgan fingerprint density at radius 1 is 1.27 bits per heavy atom. The molecule has 1 amide bonds. The number of carbonyl (C=O) groups is 3. The van der Waals surface area contributed by atoms with Crippen LogP contribution in [0.4, 0.5) is 0 Å². The standard InChI is InChI=1S/C15H17NO5S/c1-7-5-10-12(18)6-11(16-8(2)17)14(19)13(10)9-3-4-22(20,21)15(7)9/h6,9-10,13H,3-5H2,1-2H3,(H,16,17)/t9-,10-,13+/m0/s1. The van der Waals surface area contributed by atoms with E-state index in [1.54, 1.807) is 6.92 Å². The van der Waals surface area contributed by atoms with E-state index < -0.39 is 33.5 Å². The van der Waals surface area contributed by atoms with Gasteiger partial charge in [-0.15, -0.1) is 0 Å². The predicted octanol–water partition coefficient (Wildman–Crippen LogP) is 0.503. The number of allylic oxidation sites excluding steroid dienone is 4. The number of Topliss-reactive ketones (excluding diaryl/α,β-unsaturated/α-hetero) is 1. The fourth-order valence-electron chi connectivity index (χ4n) is 3.95. The van der Waals surface area contributed by atoms with Crippen LogP contribution in [0.3, 0.4) is 0 Å². The molecular weight excluding hydrogens is 306 g/mol. The highest BCUT2D eigenvalue weighted by Gasteiger charge is 2.52. The van der Waals surface area contributed by atoms with Crippen LogP contribution in [0.15, 0.2) is 22.3 Å². The van der Waals surface area contributed by atoms with E-state index in [1.165, 1.54) is 13.0 Å². The normalized spacial score (nSPS) is 33.2. The molecule has 0 unspecified atom stereocenters. The summed E-state index contributed by atoms with van der Waals surface area (Å²) in [5, 5.41) is 2.39. The SMILES string of the molecule is CC(=O)NC1=CC(=O)[C@@H]2CC(C)=C3[C@@H](CCS3(=O)=O)[C@H]2C1=O. The molecule has 0 saturated carbocycles. The number of hydrogen-bond acceptors (Lipinski definition) is 5. The van der Waals surface area contributed by atoms with Gasteiger partial charge in [-0.3, -0.25) is 14.4 Å². The van der Waals surface area contributed by atoms with Crippen LogP contribution in [0.25, 0.3) is 0 Å². The lowest BCUT2D eigenvalue weighted by atomic mass is 9.66. The molecule has 0 aromatic heterocycles. The third-order valence-corrected chi connectivity index (χ3v) is 6.81. The molecule has 0 radical (unpaired) electrons. The van der Waals surface area contributed by atoms with Crippen LogP contribution in [0.5, 0.6) is 0 Å². The van der Waals surface area contributed by atoms with Gasteiger partial charge < -0.3 is 5.32 Å². The highest BCUT2D eigenvalue weighted by molar-refractivity contribution is 7.95. The van der Waals surface area contributed by atoms with E-state index in [-0.39, 0.29) is 23.0 Å². The first-order valence-corrected chi connectivity index (χ1v) is 8.87. The molecule has 3 aliphatic rings. The van der Waals surface area contributed by atoms with Crippen molar-refractivity contribution < 1.29 is 22.8 Å². The Morgan fingerprint density at radius 2 is 1.95 bits per heavy atom. The van der Waals surface area contributed by atoms with Crippen LogP contribution >= 0.6 is 0 Å². The van der Waals surface area contributed by atoms with Crippen molar-refractivity contribution in [1.29, 1.82) is 0 Å². The smallest absolute Gasteiger partial charge is 0.221 e. The second-order valence-corrected chi connectivity index (χ2v) is 8.28. The summed E-state index contributed by atoms with van der Waals surface area (Å²) < 4.78 is 24.4. The number of amides is 1. The third kappa shape index (κ3) is 2.15. The van der Waals surface area contributed by atoms with Gasteiger partial charge in [-0.05, 0) is 19.8 Å². The average molecular weight is 323 g/mol. The quantitative estimate of drug-likeness (QED) is 0.758. The first kappa shape index (κ1) is 15.1. The molecular formula is C15H17NO5S. The van der Waals surface area contributed by atoms with Crippen molar-refractivity contribution in [1.82, 2.24) is 5.32 Å². The first-order chi connectivity index (χ1) is 10.2. The summed E-state index contributed by atoms with van der Waals surface area (Å²) in [5.74, 6) is -2.55. The van der Waals surface area contributed by atoms with E-state index in [1.807, 2.05) is 0 Å². The summed E-state index contributed by atoms with van der Waals surface area (Å²) in [4.78, 5) is 36.5. The van der Waals surface area contributed by atoms with E-state index in [9.17, 15) is 22.8 Å². The van der Waals surface area contributed by atoms with Gasteiger partial charge in [-0.25, -0.2) is 8.42 Å². The third-order valence-electron chi connectivity index (χ3n) is 4.71. The highest BCUT2D eigenvalue weighted by Crippen LogP contribution is 2.49. The first-order valence-electron chi connectivity index (χ1n) is 7.22. The minimum atomic E-state index is -3.32. The minimum Gasteiger partial charge on any atom is -0.323 e. The van der Waals surface area contributed by atoms with Crippen LogP contribution in [0, 0.1) is 17.8 Å². The summed E-state index contributed by atoms with van der Waals surface area (Å²) >= 11 is 0. The average Bonchev–Trinajstić information content (AvgIpc) is 2.72. The second-order valence-electron chi connectivity index (χ2n) is 6.20. The van der Waals surface area contributed by atoms with Gasteiger partial charge in [0.05, 0.1) is 11.4 Å². The van der Waals surface area contributed by atoms with Crippen molar-refractivity contribution in [2.24, 2.45) is 17.8 Å². The maximum absolute atomic E-state index is 12.6. The van der Waals surface area contributed by atoms with Gasteiger partial charge in [0.2, 0.25) is 5.91 Å². The molecule has 0 bridgehead atoms. The van der Waals surface area contributed by atoms with Crippen LogP contribution in [0.1, 0.15) is 26.7 Å². The van der Waals surface area contributed by atoms with Crippen LogP contribution in [-0.4, -0.2) is 31.6 Å².